The molecule has 8 heteroatoms. The average Bonchev–Trinajstić information content (AvgIpc) is 3.36. The Kier molecular flexibility index (Phi) is 6.37. The van der Waals surface area contributed by atoms with Crippen molar-refractivity contribution in [2.45, 2.75) is 10.6 Å². The molecule has 0 fully saturated rings. The van der Waals surface area contributed by atoms with Crippen molar-refractivity contribution in [3.63, 3.8) is 0 Å². The van der Waals surface area contributed by atoms with Crippen molar-refractivity contribution in [1.82, 2.24) is 0 Å². The first kappa shape index (κ1) is 22.0. The fraction of sp³-hybridized carbons (Fsp3) is 0.0400. The third-order valence-electron chi connectivity index (χ3n) is 4.79. The topological polar surface area (TPSA) is 105 Å². The summed E-state index contributed by atoms with van der Waals surface area (Å²) in [4.78, 5) is 24.9. The van der Waals surface area contributed by atoms with Gasteiger partial charge in [0.05, 0.1) is 16.9 Å². The van der Waals surface area contributed by atoms with Crippen LogP contribution in [-0.2, 0) is 15.6 Å². The van der Waals surface area contributed by atoms with Crippen molar-refractivity contribution in [2.75, 3.05) is 10.6 Å². The van der Waals surface area contributed by atoms with Crippen molar-refractivity contribution >= 4 is 33.0 Å². The van der Waals surface area contributed by atoms with Crippen LogP contribution in [0.4, 0.5) is 11.4 Å². The lowest BCUT2D eigenvalue weighted by atomic mass is 10.1. The average molecular weight is 461 g/mol. The van der Waals surface area contributed by atoms with Crippen LogP contribution < -0.4 is 10.6 Å². The van der Waals surface area contributed by atoms with Crippen molar-refractivity contribution in [2.24, 2.45) is 0 Å². The molecule has 0 radical (unpaired) electrons. The minimum absolute atomic E-state index is 0.196. The third kappa shape index (κ3) is 5.55. The number of nitrogens with one attached hydrogen (secondary N) is 2. The molecule has 0 unspecified atom stereocenters. The maximum Gasteiger partial charge on any atom is 0.291 e. The van der Waals surface area contributed by atoms with E-state index < -0.39 is 9.84 Å². The van der Waals surface area contributed by atoms with E-state index in [1.807, 2.05) is 0 Å². The molecule has 0 aliphatic rings. The van der Waals surface area contributed by atoms with E-state index in [9.17, 15) is 18.0 Å². The summed E-state index contributed by atoms with van der Waals surface area (Å²) in [7, 11) is -3.52. The van der Waals surface area contributed by atoms with Gasteiger partial charge in [-0.15, -0.1) is 0 Å². The van der Waals surface area contributed by atoms with E-state index in [0.717, 1.165) is 0 Å². The van der Waals surface area contributed by atoms with Crippen molar-refractivity contribution in [1.29, 1.82) is 0 Å². The summed E-state index contributed by atoms with van der Waals surface area (Å²) < 4.78 is 30.3. The van der Waals surface area contributed by atoms with Gasteiger partial charge in [0.2, 0.25) is 0 Å². The molecule has 1 aromatic heterocycles. The van der Waals surface area contributed by atoms with Gasteiger partial charge in [-0.2, -0.15) is 0 Å². The van der Waals surface area contributed by atoms with Gasteiger partial charge in [-0.1, -0.05) is 30.3 Å². The lowest BCUT2D eigenvalue weighted by molar-refractivity contribution is 0.0994. The van der Waals surface area contributed by atoms with Crippen LogP contribution in [0.1, 0.15) is 26.5 Å². The second-order valence-electron chi connectivity index (χ2n) is 7.24. The van der Waals surface area contributed by atoms with E-state index in [2.05, 4.69) is 10.6 Å². The fourth-order valence-electron chi connectivity index (χ4n) is 3.17. The highest BCUT2D eigenvalue weighted by molar-refractivity contribution is 7.90. The summed E-state index contributed by atoms with van der Waals surface area (Å²) in [5.41, 5.74) is 1.93. The van der Waals surface area contributed by atoms with Gasteiger partial charge < -0.3 is 15.1 Å². The van der Waals surface area contributed by atoms with Crippen LogP contribution in [0.2, 0.25) is 0 Å². The number of furan rings is 1. The second kappa shape index (κ2) is 9.54. The summed E-state index contributed by atoms with van der Waals surface area (Å²) in [5, 5.41) is 5.47. The van der Waals surface area contributed by atoms with Crippen LogP contribution in [0.5, 0.6) is 0 Å². The predicted molar refractivity (Wildman–Crippen MR) is 125 cm³/mol. The van der Waals surface area contributed by atoms with E-state index in [-0.39, 0.29) is 28.2 Å². The third-order valence-corrected chi connectivity index (χ3v) is 6.50. The van der Waals surface area contributed by atoms with Gasteiger partial charge in [-0.25, -0.2) is 8.42 Å². The fourth-order valence-corrected chi connectivity index (χ4v) is 4.53. The molecule has 7 nitrogen and oxygen atoms in total. The Hall–Kier alpha value is -4.17. The first-order valence-corrected chi connectivity index (χ1v) is 11.7. The molecule has 0 saturated heterocycles. The molecule has 1 heterocycles. The normalized spacial score (nSPS) is 11.0. The first-order chi connectivity index (χ1) is 15.9. The van der Waals surface area contributed by atoms with Gasteiger partial charge in [0.1, 0.15) is 0 Å². The van der Waals surface area contributed by atoms with Crippen molar-refractivity contribution in [3.8, 4) is 0 Å². The van der Waals surface area contributed by atoms with Gasteiger partial charge in [-0.3, -0.25) is 9.59 Å². The Morgan fingerprint density at radius 1 is 0.727 bits per heavy atom. The number of carbonyl (C=O) groups is 2. The van der Waals surface area contributed by atoms with Crippen LogP contribution in [0.25, 0.3) is 0 Å². The van der Waals surface area contributed by atoms with E-state index in [4.69, 9.17) is 4.42 Å². The zero-order chi connectivity index (χ0) is 23.3. The Morgan fingerprint density at radius 3 is 2.03 bits per heavy atom. The monoisotopic (exact) mass is 460 g/mol. The molecule has 0 spiro atoms. The van der Waals surface area contributed by atoms with Crippen LogP contribution in [-0.4, -0.2) is 20.2 Å². The summed E-state index contributed by atoms with van der Waals surface area (Å²) in [5.74, 6) is -0.760. The zero-order valence-electron chi connectivity index (χ0n) is 17.4. The van der Waals surface area contributed by atoms with Gasteiger partial charge in [0, 0.05) is 16.9 Å². The molecule has 33 heavy (non-hydrogen) atoms. The van der Waals surface area contributed by atoms with Gasteiger partial charge in [0.15, 0.2) is 15.6 Å². The van der Waals surface area contributed by atoms with Crippen LogP contribution in [0, 0.1) is 0 Å². The standard InChI is InChI=1S/C25H20N2O5S/c28-24(26-20-11-13-21(14-12-20)27-25(29)23-10-5-15-32-23)19-7-4-6-18(16-19)17-33(30,31)22-8-2-1-3-9-22/h1-16H,17H2,(H,26,28)(H,27,29). The molecular weight excluding hydrogens is 440 g/mol. The van der Waals surface area contributed by atoms with E-state index in [1.54, 1.807) is 91.0 Å². The number of benzene rings is 3. The Labute approximate surface area is 191 Å². The molecule has 3 aromatic carbocycles. The van der Waals surface area contributed by atoms with Gasteiger partial charge in [0.25, 0.3) is 11.8 Å². The Morgan fingerprint density at radius 2 is 1.39 bits per heavy atom. The van der Waals surface area contributed by atoms with Gasteiger partial charge >= 0.3 is 0 Å². The second-order valence-corrected chi connectivity index (χ2v) is 9.22. The largest absolute Gasteiger partial charge is 0.459 e. The molecule has 166 valence electrons. The van der Waals surface area contributed by atoms with Crippen LogP contribution >= 0.6 is 0 Å². The SMILES string of the molecule is O=C(Nc1ccc(NC(=O)c2ccco2)cc1)c1cccc(CS(=O)(=O)c2ccccc2)c1. The highest BCUT2D eigenvalue weighted by atomic mass is 32.2. The molecule has 0 aliphatic carbocycles. The van der Waals surface area contributed by atoms with Crippen LogP contribution in [0.15, 0.2) is 107 Å². The van der Waals surface area contributed by atoms with Crippen molar-refractivity contribution in [3.05, 3.63) is 114 Å². The lowest BCUT2D eigenvalue weighted by Crippen LogP contribution is -2.13. The predicted octanol–water partition coefficient (Wildman–Crippen LogP) is 4.76. The number of amides is 2. The van der Waals surface area contributed by atoms with E-state index >= 15 is 0 Å². The van der Waals surface area contributed by atoms with Gasteiger partial charge in [-0.05, 0) is 66.2 Å². The minimum atomic E-state index is -3.52. The van der Waals surface area contributed by atoms with E-state index in [0.29, 0.717) is 22.5 Å². The summed E-state index contributed by atoms with van der Waals surface area (Å²) in [6, 6.07) is 24.5. The summed E-state index contributed by atoms with van der Waals surface area (Å²) in [6.07, 6.45) is 1.42. The highest BCUT2D eigenvalue weighted by Crippen LogP contribution is 2.19. The molecule has 0 bridgehead atoms. The number of sulfone groups is 1. The summed E-state index contributed by atoms with van der Waals surface area (Å²) in [6.45, 7) is 0. The number of anilines is 2. The van der Waals surface area contributed by atoms with Crippen molar-refractivity contribution < 1.29 is 22.4 Å². The molecule has 0 saturated carbocycles. The zero-order valence-corrected chi connectivity index (χ0v) is 18.2. The van der Waals surface area contributed by atoms with E-state index in [1.165, 1.54) is 6.26 Å². The minimum Gasteiger partial charge on any atom is -0.459 e. The maximum atomic E-state index is 12.7. The smallest absolute Gasteiger partial charge is 0.291 e. The lowest BCUT2D eigenvalue weighted by Gasteiger charge is -2.09. The number of rotatable bonds is 7. The molecule has 4 rings (SSSR count). The molecule has 2 N–H and O–H groups in total. The Bertz CT molecular complexity index is 1360. The number of carbonyl (C=O) groups excluding carboxylic acids is 2. The summed E-state index contributed by atoms with van der Waals surface area (Å²) >= 11 is 0. The highest BCUT2D eigenvalue weighted by Gasteiger charge is 2.16. The first-order valence-electron chi connectivity index (χ1n) is 10.0. The molecule has 0 aliphatic heterocycles. The molecule has 0 atom stereocenters. The molecule has 4 aromatic rings. The molecule has 2 amide bonds. The maximum absolute atomic E-state index is 12.7. The Balaban J connectivity index is 1.41. The quantitative estimate of drug-likeness (QED) is 0.414. The molecular formula is C25H20N2O5S. The number of hydrogen-bond acceptors (Lipinski definition) is 5. The van der Waals surface area contributed by atoms with Crippen LogP contribution in [0.3, 0.4) is 0 Å². The number of hydrogen-bond donors (Lipinski definition) is 2.